The fourth-order valence-electron chi connectivity index (χ4n) is 2.41. The summed E-state index contributed by atoms with van der Waals surface area (Å²) < 4.78 is 2.38. The second-order valence-corrected chi connectivity index (χ2v) is 6.79. The third kappa shape index (κ3) is 3.72. The second-order valence-electron chi connectivity index (χ2n) is 5.52. The first-order valence-corrected chi connectivity index (χ1v) is 8.67. The lowest BCUT2D eigenvalue weighted by molar-refractivity contribution is 0.0742. The number of benzene rings is 1. The van der Waals surface area contributed by atoms with Crippen molar-refractivity contribution in [3.8, 4) is 5.69 Å². The Morgan fingerprint density at radius 3 is 2.68 bits per heavy atom. The molecular weight excluding hydrogens is 406 g/mol. The van der Waals surface area contributed by atoms with Crippen LogP contribution in [-0.2, 0) is 0 Å². The van der Waals surface area contributed by atoms with Gasteiger partial charge in [0.05, 0.1) is 17.3 Å². The van der Waals surface area contributed by atoms with Crippen LogP contribution in [0.2, 0.25) is 5.15 Å². The monoisotopic (exact) mass is 419 g/mol. The van der Waals surface area contributed by atoms with E-state index in [0.717, 1.165) is 11.3 Å². The maximum Gasteiger partial charge on any atom is 0.257 e. The molecule has 0 spiro atoms. The zero-order valence-electron chi connectivity index (χ0n) is 13.6. The molecule has 0 aliphatic carbocycles. The van der Waals surface area contributed by atoms with E-state index >= 15 is 0 Å². The molecular formula is C17H15BrClN5O. The molecule has 0 N–H and O–H groups in total. The minimum atomic E-state index is -0.188. The van der Waals surface area contributed by atoms with Crippen molar-refractivity contribution in [2.75, 3.05) is 7.05 Å². The van der Waals surface area contributed by atoms with Crippen LogP contribution >= 0.6 is 27.5 Å². The first-order chi connectivity index (χ1) is 12.0. The molecule has 1 amide bonds. The van der Waals surface area contributed by atoms with E-state index in [2.05, 4.69) is 31.0 Å². The van der Waals surface area contributed by atoms with Gasteiger partial charge in [-0.15, -0.1) is 0 Å². The standard InChI is InChI=1S/C17H15BrClN5O/c1-11(12-3-5-14(6-4-12)24-10-20-9-22-24)23(2)17(25)15-7-13(18)8-21-16(15)19/h3-11H,1-2H3. The Morgan fingerprint density at radius 2 is 2.04 bits per heavy atom. The molecule has 0 aliphatic rings. The molecule has 0 saturated heterocycles. The van der Waals surface area contributed by atoms with E-state index in [0.29, 0.717) is 10.0 Å². The predicted molar refractivity (Wildman–Crippen MR) is 98.8 cm³/mol. The minimum Gasteiger partial charge on any atom is -0.335 e. The number of halogens is 2. The third-order valence-corrected chi connectivity index (χ3v) is 4.73. The number of carbonyl (C=O) groups excluding carboxylic acids is 1. The van der Waals surface area contributed by atoms with Gasteiger partial charge in [0, 0.05) is 17.7 Å². The Labute approximate surface area is 158 Å². The highest BCUT2D eigenvalue weighted by Gasteiger charge is 2.22. The molecule has 25 heavy (non-hydrogen) atoms. The maximum atomic E-state index is 12.7. The van der Waals surface area contributed by atoms with Gasteiger partial charge in [-0.3, -0.25) is 4.79 Å². The zero-order valence-corrected chi connectivity index (χ0v) is 15.9. The van der Waals surface area contributed by atoms with Crippen LogP contribution in [0.15, 0.2) is 53.7 Å². The molecule has 1 atom stereocenters. The van der Waals surface area contributed by atoms with Crippen molar-refractivity contribution in [3.05, 3.63) is 69.9 Å². The van der Waals surface area contributed by atoms with E-state index in [-0.39, 0.29) is 17.1 Å². The molecule has 2 heterocycles. The summed E-state index contributed by atoms with van der Waals surface area (Å²) in [6.45, 7) is 1.96. The first kappa shape index (κ1) is 17.6. The van der Waals surface area contributed by atoms with Gasteiger partial charge in [-0.1, -0.05) is 23.7 Å². The van der Waals surface area contributed by atoms with Crippen LogP contribution < -0.4 is 0 Å². The predicted octanol–water partition coefficient (Wildman–Crippen LogP) is 3.91. The van der Waals surface area contributed by atoms with Crippen LogP contribution in [0.1, 0.15) is 28.9 Å². The second kappa shape index (κ2) is 7.33. The Hall–Kier alpha value is -2.25. The zero-order chi connectivity index (χ0) is 18.0. The van der Waals surface area contributed by atoms with Crippen LogP contribution in [-0.4, -0.2) is 37.6 Å². The van der Waals surface area contributed by atoms with Crippen molar-refractivity contribution >= 4 is 33.4 Å². The summed E-state index contributed by atoms with van der Waals surface area (Å²) in [7, 11) is 1.75. The number of rotatable bonds is 4. The lowest BCUT2D eigenvalue weighted by atomic mass is 10.1. The molecule has 3 rings (SSSR count). The normalized spacial score (nSPS) is 12.0. The van der Waals surface area contributed by atoms with E-state index in [9.17, 15) is 4.79 Å². The van der Waals surface area contributed by atoms with Crippen LogP contribution in [0, 0.1) is 0 Å². The fraction of sp³-hybridized carbons (Fsp3) is 0.176. The van der Waals surface area contributed by atoms with Gasteiger partial charge in [0.15, 0.2) is 0 Å². The van der Waals surface area contributed by atoms with Gasteiger partial charge in [0.25, 0.3) is 5.91 Å². The van der Waals surface area contributed by atoms with E-state index in [1.807, 2.05) is 31.2 Å². The van der Waals surface area contributed by atoms with Crippen molar-refractivity contribution in [3.63, 3.8) is 0 Å². The molecule has 0 aliphatic heterocycles. The lowest BCUT2D eigenvalue weighted by Crippen LogP contribution is -2.30. The molecule has 2 aromatic heterocycles. The summed E-state index contributed by atoms with van der Waals surface area (Å²) >= 11 is 9.39. The number of hydrogen-bond donors (Lipinski definition) is 0. The average Bonchev–Trinajstić information content (AvgIpc) is 3.16. The van der Waals surface area contributed by atoms with Crippen molar-refractivity contribution in [1.29, 1.82) is 0 Å². The quantitative estimate of drug-likeness (QED) is 0.600. The summed E-state index contributed by atoms with van der Waals surface area (Å²) in [5.74, 6) is -0.188. The van der Waals surface area contributed by atoms with E-state index in [1.165, 1.54) is 6.33 Å². The highest BCUT2D eigenvalue weighted by molar-refractivity contribution is 9.10. The fourth-order valence-corrected chi connectivity index (χ4v) is 2.92. The lowest BCUT2D eigenvalue weighted by Gasteiger charge is -2.26. The van der Waals surface area contributed by atoms with Gasteiger partial charge < -0.3 is 4.90 Å². The molecule has 128 valence electrons. The van der Waals surface area contributed by atoms with Crippen molar-refractivity contribution in [1.82, 2.24) is 24.6 Å². The first-order valence-electron chi connectivity index (χ1n) is 7.50. The van der Waals surface area contributed by atoms with Crippen LogP contribution in [0.3, 0.4) is 0 Å². The molecule has 0 saturated carbocycles. The Morgan fingerprint density at radius 1 is 1.32 bits per heavy atom. The molecule has 1 aromatic carbocycles. The third-order valence-electron chi connectivity index (χ3n) is 4.00. The average molecular weight is 421 g/mol. The van der Waals surface area contributed by atoms with Crippen LogP contribution in [0.5, 0.6) is 0 Å². The molecule has 0 radical (unpaired) electrons. The maximum absolute atomic E-state index is 12.7. The SMILES string of the molecule is CC(c1ccc(-n2cncn2)cc1)N(C)C(=O)c1cc(Br)cnc1Cl. The molecule has 1 unspecified atom stereocenters. The largest absolute Gasteiger partial charge is 0.335 e. The highest BCUT2D eigenvalue weighted by Crippen LogP contribution is 2.25. The summed E-state index contributed by atoms with van der Waals surface area (Å²) in [6, 6.07) is 9.35. The summed E-state index contributed by atoms with van der Waals surface area (Å²) in [4.78, 5) is 22.3. The van der Waals surface area contributed by atoms with Gasteiger partial charge in [0.1, 0.15) is 17.8 Å². The van der Waals surface area contributed by atoms with Crippen molar-refractivity contribution in [2.45, 2.75) is 13.0 Å². The molecule has 0 bridgehead atoms. The Kier molecular flexibility index (Phi) is 5.15. The van der Waals surface area contributed by atoms with E-state index in [4.69, 9.17) is 11.6 Å². The van der Waals surface area contributed by atoms with Gasteiger partial charge in [-0.2, -0.15) is 5.10 Å². The molecule has 0 fully saturated rings. The smallest absolute Gasteiger partial charge is 0.257 e. The number of hydrogen-bond acceptors (Lipinski definition) is 4. The Bertz CT molecular complexity index is 883. The van der Waals surface area contributed by atoms with Crippen LogP contribution in [0.4, 0.5) is 0 Å². The molecule has 3 aromatic rings. The van der Waals surface area contributed by atoms with Gasteiger partial charge in [0.2, 0.25) is 0 Å². The number of nitrogens with zero attached hydrogens (tertiary/aromatic N) is 5. The number of pyridine rings is 1. The van der Waals surface area contributed by atoms with E-state index < -0.39 is 0 Å². The highest BCUT2D eigenvalue weighted by atomic mass is 79.9. The summed E-state index contributed by atoms with van der Waals surface area (Å²) in [6.07, 6.45) is 4.68. The van der Waals surface area contributed by atoms with Gasteiger partial charge in [-0.25, -0.2) is 14.6 Å². The number of amides is 1. The topological polar surface area (TPSA) is 63.9 Å². The number of carbonyl (C=O) groups is 1. The van der Waals surface area contributed by atoms with Crippen molar-refractivity contribution in [2.24, 2.45) is 0 Å². The van der Waals surface area contributed by atoms with Gasteiger partial charge in [-0.05, 0) is 46.6 Å². The number of aromatic nitrogens is 4. The summed E-state index contributed by atoms with van der Waals surface area (Å²) in [5.41, 5.74) is 2.27. The van der Waals surface area contributed by atoms with Gasteiger partial charge >= 0.3 is 0 Å². The van der Waals surface area contributed by atoms with Crippen LogP contribution in [0.25, 0.3) is 5.69 Å². The summed E-state index contributed by atoms with van der Waals surface area (Å²) in [5, 5.41) is 4.29. The minimum absolute atomic E-state index is 0.132. The Balaban J connectivity index is 1.81. The van der Waals surface area contributed by atoms with E-state index in [1.54, 1.807) is 35.2 Å². The molecule has 8 heteroatoms. The molecule has 6 nitrogen and oxygen atoms in total. The van der Waals surface area contributed by atoms with Crippen molar-refractivity contribution < 1.29 is 4.79 Å².